The van der Waals surface area contributed by atoms with Gasteiger partial charge in [0.1, 0.15) is 17.8 Å². The van der Waals surface area contributed by atoms with Crippen LogP contribution in [0.25, 0.3) is 10.9 Å². The molecule has 1 aromatic carbocycles. The molecule has 1 unspecified atom stereocenters. The van der Waals surface area contributed by atoms with Gasteiger partial charge in [0.2, 0.25) is 11.8 Å². The van der Waals surface area contributed by atoms with Crippen molar-refractivity contribution in [2.45, 2.75) is 57.2 Å². The van der Waals surface area contributed by atoms with Crippen molar-refractivity contribution in [3.05, 3.63) is 59.9 Å². The minimum absolute atomic E-state index is 0.0193. The molecule has 3 aliphatic rings. The quantitative estimate of drug-likeness (QED) is 0.413. The number of anilines is 1. The summed E-state index contributed by atoms with van der Waals surface area (Å²) in [5, 5.41) is 10.8. The minimum atomic E-state index is -0.320. The highest BCUT2D eigenvalue weighted by molar-refractivity contribution is 5.98. The fourth-order valence-electron chi connectivity index (χ4n) is 5.13. The maximum absolute atomic E-state index is 12.9. The van der Waals surface area contributed by atoms with Gasteiger partial charge in [-0.1, -0.05) is 5.16 Å². The number of carbonyl (C=O) groups is 2. The standard InChI is InChI=1S/C27H27N7O4/c1-15-10-19-21(13-34(15)26(35)20-6-8-28-20)29-14-30-25(19)37-18-4-5-22-17(11-18)7-9-33(22)27(36)31-24-12-23(38-32-24)16-2-3-16/h4-5,7,9,11-12,14-16,20,28H,2-3,6,8,10,13H2,1H3,(H,31,32,36)/t15-,20?/m0/s1. The van der Waals surface area contributed by atoms with E-state index in [-0.39, 0.29) is 24.0 Å². The molecule has 0 bridgehead atoms. The number of rotatable bonds is 5. The Bertz CT molecular complexity index is 1550. The van der Waals surface area contributed by atoms with Gasteiger partial charge < -0.3 is 19.5 Å². The summed E-state index contributed by atoms with van der Waals surface area (Å²) in [5.41, 5.74) is 2.46. The topological polar surface area (TPSA) is 127 Å². The number of hydrogen-bond acceptors (Lipinski definition) is 8. The maximum Gasteiger partial charge on any atom is 0.331 e. The molecule has 2 amide bonds. The van der Waals surface area contributed by atoms with Crippen LogP contribution in [-0.4, -0.2) is 55.2 Å². The van der Waals surface area contributed by atoms with Gasteiger partial charge in [-0.05, 0) is 63.4 Å². The fraction of sp³-hybridized carbons (Fsp3) is 0.370. The number of fused-ring (bicyclic) bond motifs is 2. The Labute approximate surface area is 218 Å². The predicted molar refractivity (Wildman–Crippen MR) is 137 cm³/mol. The molecule has 11 nitrogen and oxygen atoms in total. The molecule has 5 heterocycles. The third kappa shape index (κ3) is 4.08. The van der Waals surface area contributed by atoms with Gasteiger partial charge in [0.05, 0.1) is 23.8 Å². The summed E-state index contributed by atoms with van der Waals surface area (Å²) in [5.74, 6) is 2.87. The van der Waals surface area contributed by atoms with E-state index < -0.39 is 0 Å². The molecule has 1 aliphatic carbocycles. The normalized spacial score (nSPS) is 20.6. The number of nitrogens with one attached hydrogen (secondary N) is 2. The lowest BCUT2D eigenvalue weighted by Crippen LogP contribution is -2.57. The van der Waals surface area contributed by atoms with Crippen LogP contribution in [0.2, 0.25) is 0 Å². The van der Waals surface area contributed by atoms with Crippen molar-refractivity contribution in [3.8, 4) is 11.6 Å². The average Bonchev–Trinajstić information content (AvgIpc) is 3.47. The lowest BCUT2D eigenvalue weighted by Gasteiger charge is -2.39. The fourth-order valence-corrected chi connectivity index (χ4v) is 5.13. The number of ether oxygens (including phenoxy) is 1. The zero-order valence-corrected chi connectivity index (χ0v) is 20.9. The van der Waals surface area contributed by atoms with Crippen molar-refractivity contribution >= 4 is 28.7 Å². The highest BCUT2D eigenvalue weighted by atomic mass is 16.5. The van der Waals surface area contributed by atoms with Crippen molar-refractivity contribution in [1.29, 1.82) is 0 Å². The van der Waals surface area contributed by atoms with Crippen LogP contribution < -0.4 is 15.4 Å². The SMILES string of the molecule is C[C@H]1Cc2c(ncnc2Oc2ccc3c(ccn3C(=O)Nc3cc(C4CC4)on3)c2)CN1C(=O)C1CCN1. The summed E-state index contributed by atoms with van der Waals surface area (Å²) in [6.07, 6.45) is 6.88. The van der Waals surface area contributed by atoms with Crippen molar-refractivity contribution in [2.24, 2.45) is 0 Å². The van der Waals surface area contributed by atoms with E-state index in [1.54, 1.807) is 12.3 Å². The Kier molecular flexibility index (Phi) is 5.39. The molecule has 194 valence electrons. The minimum Gasteiger partial charge on any atom is -0.439 e. The second-order valence-corrected chi connectivity index (χ2v) is 10.2. The van der Waals surface area contributed by atoms with Crippen LogP contribution in [0.4, 0.5) is 10.6 Å². The molecule has 2 N–H and O–H groups in total. The van der Waals surface area contributed by atoms with Gasteiger partial charge in [-0.25, -0.2) is 14.8 Å². The Balaban J connectivity index is 1.08. The van der Waals surface area contributed by atoms with E-state index in [4.69, 9.17) is 9.26 Å². The number of benzene rings is 1. The summed E-state index contributed by atoms with van der Waals surface area (Å²) in [6, 6.07) is 8.78. The maximum atomic E-state index is 12.9. The number of carbonyl (C=O) groups excluding carboxylic acids is 2. The molecule has 0 spiro atoms. The Morgan fingerprint density at radius 1 is 1.16 bits per heavy atom. The zero-order valence-electron chi connectivity index (χ0n) is 20.9. The molecule has 4 aromatic rings. The molecule has 2 atom stereocenters. The van der Waals surface area contributed by atoms with E-state index in [1.807, 2.05) is 36.1 Å². The van der Waals surface area contributed by atoms with Crippen molar-refractivity contribution in [1.82, 2.24) is 29.9 Å². The van der Waals surface area contributed by atoms with Crippen LogP contribution in [-0.2, 0) is 17.8 Å². The first kappa shape index (κ1) is 22.9. The van der Waals surface area contributed by atoms with Gasteiger partial charge in [-0.2, -0.15) is 0 Å². The first-order chi connectivity index (χ1) is 18.5. The Morgan fingerprint density at radius 2 is 2.03 bits per heavy atom. The molecule has 1 saturated heterocycles. The molecular weight excluding hydrogens is 486 g/mol. The molecule has 38 heavy (non-hydrogen) atoms. The number of aromatic nitrogens is 4. The van der Waals surface area contributed by atoms with Gasteiger partial charge >= 0.3 is 6.03 Å². The van der Waals surface area contributed by atoms with Crippen LogP contribution in [0.3, 0.4) is 0 Å². The predicted octanol–water partition coefficient (Wildman–Crippen LogP) is 3.80. The van der Waals surface area contributed by atoms with E-state index in [0.717, 1.165) is 53.7 Å². The van der Waals surface area contributed by atoms with Gasteiger partial charge in [0.15, 0.2) is 5.82 Å². The molecule has 7 rings (SSSR count). The monoisotopic (exact) mass is 513 g/mol. The van der Waals surface area contributed by atoms with Crippen molar-refractivity contribution in [2.75, 3.05) is 11.9 Å². The van der Waals surface area contributed by atoms with Crippen LogP contribution in [0.1, 0.15) is 49.1 Å². The molecule has 2 aliphatic heterocycles. The highest BCUT2D eigenvalue weighted by Gasteiger charge is 2.36. The van der Waals surface area contributed by atoms with Crippen molar-refractivity contribution in [3.63, 3.8) is 0 Å². The van der Waals surface area contributed by atoms with E-state index in [0.29, 0.717) is 36.3 Å². The second-order valence-electron chi connectivity index (χ2n) is 10.2. The van der Waals surface area contributed by atoms with E-state index in [1.165, 1.54) is 10.9 Å². The summed E-state index contributed by atoms with van der Waals surface area (Å²) in [6.45, 7) is 3.37. The number of hydrogen-bond donors (Lipinski definition) is 2. The van der Waals surface area contributed by atoms with E-state index in [9.17, 15) is 9.59 Å². The highest BCUT2D eigenvalue weighted by Crippen LogP contribution is 2.40. The summed E-state index contributed by atoms with van der Waals surface area (Å²) < 4.78 is 13.1. The Hall–Kier alpha value is -4.25. The molecule has 0 radical (unpaired) electrons. The zero-order chi connectivity index (χ0) is 25.8. The molecule has 3 aromatic heterocycles. The largest absolute Gasteiger partial charge is 0.439 e. The summed E-state index contributed by atoms with van der Waals surface area (Å²) >= 11 is 0. The lowest BCUT2D eigenvalue weighted by molar-refractivity contribution is -0.138. The third-order valence-corrected chi connectivity index (χ3v) is 7.59. The van der Waals surface area contributed by atoms with Gasteiger partial charge in [0, 0.05) is 35.2 Å². The second kappa shape index (κ2) is 8.95. The molecular formula is C27H27N7O4. The average molecular weight is 514 g/mol. The molecule has 11 heteroatoms. The van der Waals surface area contributed by atoms with Crippen LogP contribution in [0, 0.1) is 0 Å². The summed E-state index contributed by atoms with van der Waals surface area (Å²) in [7, 11) is 0. The van der Waals surface area contributed by atoms with E-state index in [2.05, 4.69) is 25.8 Å². The first-order valence-corrected chi connectivity index (χ1v) is 13.0. The van der Waals surface area contributed by atoms with Gasteiger partial charge in [-0.15, -0.1) is 0 Å². The van der Waals surface area contributed by atoms with Gasteiger partial charge in [-0.3, -0.25) is 14.7 Å². The number of nitrogens with zero attached hydrogens (tertiary/aromatic N) is 5. The van der Waals surface area contributed by atoms with Crippen LogP contribution in [0.15, 0.2) is 47.4 Å². The van der Waals surface area contributed by atoms with Crippen LogP contribution >= 0.6 is 0 Å². The Morgan fingerprint density at radius 3 is 2.82 bits per heavy atom. The van der Waals surface area contributed by atoms with Crippen LogP contribution in [0.5, 0.6) is 11.6 Å². The number of amides is 2. The summed E-state index contributed by atoms with van der Waals surface area (Å²) in [4.78, 5) is 36.5. The third-order valence-electron chi connectivity index (χ3n) is 7.59. The van der Waals surface area contributed by atoms with Gasteiger partial charge in [0.25, 0.3) is 0 Å². The van der Waals surface area contributed by atoms with Crippen molar-refractivity contribution < 1.29 is 18.8 Å². The smallest absolute Gasteiger partial charge is 0.331 e. The first-order valence-electron chi connectivity index (χ1n) is 13.0. The lowest BCUT2D eigenvalue weighted by atomic mass is 9.97. The molecule has 1 saturated carbocycles. The van der Waals surface area contributed by atoms with E-state index >= 15 is 0 Å². The molecule has 2 fully saturated rings.